The zero-order chi connectivity index (χ0) is 16.6. The van der Waals surface area contributed by atoms with Gasteiger partial charge in [0.1, 0.15) is 0 Å². The highest BCUT2D eigenvalue weighted by Crippen LogP contribution is 2.38. The SMILES string of the molecule is CC[C@H]1C[C@@H](O)CC2(CCN(Cc3nc4ncccc4o3)CC2)O1. The average Bonchev–Trinajstić information content (AvgIpc) is 2.99. The summed E-state index contributed by atoms with van der Waals surface area (Å²) in [4.78, 5) is 11.0. The molecule has 6 heteroatoms. The van der Waals surface area contributed by atoms with Gasteiger partial charge in [-0.2, -0.15) is 4.98 Å². The predicted octanol–water partition coefficient (Wildman–Crippen LogP) is 2.51. The fraction of sp³-hybridized carbons (Fsp3) is 0.667. The highest BCUT2D eigenvalue weighted by Gasteiger charge is 2.42. The van der Waals surface area contributed by atoms with Crippen molar-refractivity contribution in [2.75, 3.05) is 13.1 Å². The number of aliphatic hydroxyl groups excluding tert-OH is 1. The monoisotopic (exact) mass is 331 g/mol. The molecule has 1 N–H and O–H groups in total. The van der Waals surface area contributed by atoms with Crippen molar-refractivity contribution in [3.05, 3.63) is 24.2 Å². The summed E-state index contributed by atoms with van der Waals surface area (Å²) >= 11 is 0. The van der Waals surface area contributed by atoms with E-state index in [-0.39, 0.29) is 17.8 Å². The first-order valence-corrected chi connectivity index (χ1v) is 8.94. The Bertz CT molecular complexity index is 661. The summed E-state index contributed by atoms with van der Waals surface area (Å²) < 4.78 is 12.1. The summed E-state index contributed by atoms with van der Waals surface area (Å²) in [5.74, 6) is 0.718. The van der Waals surface area contributed by atoms with Gasteiger partial charge in [0.25, 0.3) is 0 Å². The molecule has 0 aromatic carbocycles. The molecule has 130 valence electrons. The lowest BCUT2D eigenvalue weighted by Crippen LogP contribution is -2.52. The number of likely N-dealkylation sites (tertiary alicyclic amines) is 1. The van der Waals surface area contributed by atoms with Crippen LogP contribution in [-0.2, 0) is 11.3 Å². The van der Waals surface area contributed by atoms with Gasteiger partial charge in [-0.25, -0.2) is 4.98 Å². The number of pyridine rings is 1. The number of ether oxygens (including phenoxy) is 1. The number of oxazole rings is 1. The van der Waals surface area contributed by atoms with E-state index in [1.165, 1.54) is 0 Å². The van der Waals surface area contributed by atoms with Gasteiger partial charge in [0.2, 0.25) is 5.89 Å². The number of aliphatic hydroxyl groups is 1. The molecule has 4 heterocycles. The molecule has 1 spiro atoms. The number of fused-ring (bicyclic) bond motifs is 1. The lowest BCUT2D eigenvalue weighted by Gasteiger charge is -2.47. The van der Waals surface area contributed by atoms with Gasteiger partial charge in [-0.3, -0.25) is 4.90 Å². The minimum atomic E-state index is -0.224. The highest BCUT2D eigenvalue weighted by molar-refractivity contribution is 5.66. The molecule has 0 amide bonds. The minimum Gasteiger partial charge on any atom is -0.438 e. The van der Waals surface area contributed by atoms with Crippen LogP contribution < -0.4 is 0 Å². The van der Waals surface area contributed by atoms with Crippen molar-refractivity contribution in [1.29, 1.82) is 0 Å². The second kappa shape index (κ2) is 6.43. The third kappa shape index (κ3) is 3.18. The zero-order valence-electron chi connectivity index (χ0n) is 14.1. The Hall–Kier alpha value is -1.50. The predicted molar refractivity (Wildman–Crippen MR) is 89.5 cm³/mol. The van der Waals surface area contributed by atoms with Crippen molar-refractivity contribution in [3.8, 4) is 0 Å². The summed E-state index contributed by atoms with van der Waals surface area (Å²) in [6.07, 6.45) is 6.13. The minimum absolute atomic E-state index is 0.141. The zero-order valence-corrected chi connectivity index (χ0v) is 14.1. The Morgan fingerprint density at radius 2 is 2.21 bits per heavy atom. The van der Waals surface area contributed by atoms with E-state index in [9.17, 15) is 5.11 Å². The molecule has 0 bridgehead atoms. The van der Waals surface area contributed by atoms with Crippen molar-refractivity contribution in [2.24, 2.45) is 0 Å². The summed E-state index contributed by atoms with van der Waals surface area (Å²) in [6, 6.07) is 3.75. The van der Waals surface area contributed by atoms with E-state index in [4.69, 9.17) is 9.15 Å². The number of nitrogens with zero attached hydrogens (tertiary/aromatic N) is 3. The Balaban J connectivity index is 1.39. The summed E-state index contributed by atoms with van der Waals surface area (Å²) in [5, 5.41) is 10.2. The van der Waals surface area contributed by atoms with Gasteiger partial charge in [-0.05, 0) is 37.8 Å². The number of hydrogen-bond acceptors (Lipinski definition) is 6. The molecule has 2 aromatic heterocycles. The van der Waals surface area contributed by atoms with Gasteiger partial charge >= 0.3 is 0 Å². The molecule has 2 fully saturated rings. The van der Waals surface area contributed by atoms with Crippen molar-refractivity contribution in [1.82, 2.24) is 14.9 Å². The lowest BCUT2D eigenvalue weighted by molar-refractivity contribution is -0.182. The van der Waals surface area contributed by atoms with E-state index >= 15 is 0 Å². The Morgan fingerprint density at radius 3 is 2.96 bits per heavy atom. The van der Waals surface area contributed by atoms with Gasteiger partial charge in [-0.1, -0.05) is 6.92 Å². The fourth-order valence-electron chi connectivity index (χ4n) is 4.03. The van der Waals surface area contributed by atoms with E-state index in [2.05, 4.69) is 21.8 Å². The maximum Gasteiger partial charge on any atom is 0.211 e. The normalized spacial score (nSPS) is 27.8. The Labute approximate surface area is 141 Å². The number of aromatic nitrogens is 2. The van der Waals surface area contributed by atoms with E-state index in [1.807, 2.05) is 12.1 Å². The molecule has 24 heavy (non-hydrogen) atoms. The average molecular weight is 331 g/mol. The van der Waals surface area contributed by atoms with Gasteiger partial charge in [0, 0.05) is 25.7 Å². The van der Waals surface area contributed by atoms with Crippen LogP contribution in [-0.4, -0.2) is 50.9 Å². The van der Waals surface area contributed by atoms with E-state index in [0.29, 0.717) is 12.2 Å². The van der Waals surface area contributed by atoms with Crippen LogP contribution in [0.2, 0.25) is 0 Å². The quantitative estimate of drug-likeness (QED) is 0.932. The molecule has 2 saturated heterocycles. The van der Waals surface area contributed by atoms with Gasteiger partial charge in [0.05, 0.1) is 24.4 Å². The molecule has 0 saturated carbocycles. The largest absolute Gasteiger partial charge is 0.438 e. The van der Waals surface area contributed by atoms with Crippen LogP contribution in [0.1, 0.15) is 44.9 Å². The van der Waals surface area contributed by atoms with Crippen LogP contribution in [0.15, 0.2) is 22.7 Å². The smallest absolute Gasteiger partial charge is 0.211 e. The Morgan fingerprint density at radius 1 is 1.38 bits per heavy atom. The third-order valence-electron chi connectivity index (χ3n) is 5.35. The maximum absolute atomic E-state index is 10.2. The highest BCUT2D eigenvalue weighted by atomic mass is 16.5. The van der Waals surface area contributed by atoms with Crippen LogP contribution in [0, 0.1) is 0 Å². The second-order valence-corrected chi connectivity index (χ2v) is 7.13. The van der Waals surface area contributed by atoms with E-state index in [1.54, 1.807) is 6.20 Å². The van der Waals surface area contributed by atoms with Crippen molar-refractivity contribution < 1.29 is 14.3 Å². The second-order valence-electron chi connectivity index (χ2n) is 7.13. The molecule has 2 aliphatic rings. The van der Waals surface area contributed by atoms with Gasteiger partial charge in [0.15, 0.2) is 11.2 Å². The molecule has 0 radical (unpaired) electrons. The van der Waals surface area contributed by atoms with Crippen molar-refractivity contribution in [3.63, 3.8) is 0 Å². The van der Waals surface area contributed by atoms with Gasteiger partial charge < -0.3 is 14.3 Å². The molecule has 0 aliphatic carbocycles. The fourth-order valence-corrected chi connectivity index (χ4v) is 4.03. The number of rotatable bonds is 3. The summed E-state index contributed by atoms with van der Waals surface area (Å²) in [7, 11) is 0. The van der Waals surface area contributed by atoms with E-state index in [0.717, 1.165) is 56.7 Å². The van der Waals surface area contributed by atoms with Crippen LogP contribution in [0.3, 0.4) is 0 Å². The summed E-state index contributed by atoms with van der Waals surface area (Å²) in [5.41, 5.74) is 1.27. The molecule has 2 atom stereocenters. The number of piperidine rings is 1. The first-order valence-electron chi connectivity index (χ1n) is 8.94. The van der Waals surface area contributed by atoms with Crippen LogP contribution in [0.25, 0.3) is 11.2 Å². The van der Waals surface area contributed by atoms with Crippen LogP contribution in [0.4, 0.5) is 0 Å². The Kier molecular flexibility index (Phi) is 4.28. The molecular weight excluding hydrogens is 306 g/mol. The third-order valence-corrected chi connectivity index (χ3v) is 5.35. The molecular formula is C18H25N3O3. The number of hydrogen-bond donors (Lipinski definition) is 1. The first kappa shape index (κ1) is 16.0. The van der Waals surface area contributed by atoms with Crippen LogP contribution in [0.5, 0.6) is 0 Å². The molecule has 0 unspecified atom stereocenters. The molecule has 2 aromatic rings. The van der Waals surface area contributed by atoms with Crippen molar-refractivity contribution in [2.45, 2.75) is 63.4 Å². The lowest BCUT2D eigenvalue weighted by atomic mass is 9.81. The topological polar surface area (TPSA) is 71.6 Å². The van der Waals surface area contributed by atoms with Crippen LogP contribution >= 0.6 is 0 Å². The molecule has 2 aliphatic heterocycles. The molecule has 4 rings (SSSR count). The van der Waals surface area contributed by atoms with Gasteiger partial charge in [-0.15, -0.1) is 0 Å². The maximum atomic E-state index is 10.2. The van der Waals surface area contributed by atoms with Crippen molar-refractivity contribution >= 4 is 11.2 Å². The van der Waals surface area contributed by atoms with E-state index < -0.39 is 0 Å². The first-order chi connectivity index (χ1) is 11.7. The standard InChI is InChI=1S/C18H25N3O3/c1-2-14-10-13(22)11-18(24-14)5-8-21(9-6-18)12-16-20-17-15(23-16)4-3-7-19-17/h3-4,7,13-14,22H,2,5-6,8-12H2,1H3/t13-,14+/m1/s1. The summed E-state index contributed by atoms with van der Waals surface area (Å²) in [6.45, 7) is 4.71. The molecule has 6 nitrogen and oxygen atoms in total.